The molecule has 1 fully saturated rings. The zero-order valence-electron chi connectivity index (χ0n) is 12.6. The predicted molar refractivity (Wildman–Crippen MR) is 85.6 cm³/mol. The standard InChI is InChI=1S/C16H25NOS/c1-11-13(8-9-19-11)17-14-10-12(16(2,3)4)6-7-15(14)18-5/h6-7,10-11,13,17H,8-9H2,1-5H3. The van der Waals surface area contributed by atoms with E-state index in [-0.39, 0.29) is 5.41 Å². The molecule has 2 nitrogen and oxygen atoms in total. The number of nitrogens with one attached hydrogen (secondary N) is 1. The second-order valence-electron chi connectivity index (χ2n) is 6.28. The van der Waals surface area contributed by atoms with Crippen LogP contribution in [-0.4, -0.2) is 24.2 Å². The highest BCUT2D eigenvalue weighted by molar-refractivity contribution is 8.00. The van der Waals surface area contributed by atoms with Gasteiger partial charge in [-0.25, -0.2) is 0 Å². The van der Waals surface area contributed by atoms with Gasteiger partial charge in [0, 0.05) is 11.3 Å². The number of methoxy groups -OCH3 is 1. The number of hydrogen-bond donors (Lipinski definition) is 1. The maximum Gasteiger partial charge on any atom is 0.141 e. The first-order chi connectivity index (χ1) is 8.91. The molecule has 2 rings (SSSR count). The molecular formula is C16H25NOS. The summed E-state index contributed by atoms with van der Waals surface area (Å²) in [6, 6.07) is 7.04. The van der Waals surface area contributed by atoms with Crippen LogP contribution in [0, 0.1) is 0 Å². The molecule has 19 heavy (non-hydrogen) atoms. The summed E-state index contributed by atoms with van der Waals surface area (Å²) >= 11 is 2.04. The Morgan fingerprint density at radius 1 is 1.32 bits per heavy atom. The molecule has 0 aliphatic carbocycles. The summed E-state index contributed by atoms with van der Waals surface area (Å²) in [5.74, 6) is 2.19. The van der Waals surface area contributed by atoms with Crippen molar-refractivity contribution in [2.24, 2.45) is 0 Å². The molecule has 1 aliphatic heterocycles. The Hall–Kier alpha value is -0.830. The van der Waals surface area contributed by atoms with Gasteiger partial charge in [-0.2, -0.15) is 11.8 Å². The van der Waals surface area contributed by atoms with Crippen LogP contribution < -0.4 is 10.1 Å². The van der Waals surface area contributed by atoms with E-state index in [4.69, 9.17) is 4.74 Å². The first-order valence-corrected chi connectivity index (χ1v) is 8.03. The van der Waals surface area contributed by atoms with Gasteiger partial charge in [-0.1, -0.05) is 33.8 Å². The zero-order valence-corrected chi connectivity index (χ0v) is 13.4. The van der Waals surface area contributed by atoms with Crippen LogP contribution in [0.5, 0.6) is 5.75 Å². The molecule has 3 heteroatoms. The lowest BCUT2D eigenvalue weighted by atomic mass is 9.86. The number of rotatable bonds is 3. The van der Waals surface area contributed by atoms with Crippen LogP contribution in [-0.2, 0) is 5.41 Å². The molecule has 106 valence electrons. The first-order valence-electron chi connectivity index (χ1n) is 6.98. The summed E-state index contributed by atoms with van der Waals surface area (Å²) < 4.78 is 5.49. The van der Waals surface area contributed by atoms with E-state index in [1.165, 1.54) is 17.7 Å². The summed E-state index contributed by atoms with van der Waals surface area (Å²) in [6.45, 7) is 9.03. The monoisotopic (exact) mass is 279 g/mol. The van der Waals surface area contributed by atoms with Gasteiger partial charge in [0.25, 0.3) is 0 Å². The maximum absolute atomic E-state index is 5.49. The Morgan fingerprint density at radius 2 is 2.05 bits per heavy atom. The molecule has 1 aromatic rings. The molecular weight excluding hydrogens is 254 g/mol. The minimum atomic E-state index is 0.165. The summed E-state index contributed by atoms with van der Waals surface area (Å²) in [5, 5.41) is 4.35. The summed E-state index contributed by atoms with van der Waals surface area (Å²) in [6.07, 6.45) is 1.23. The third kappa shape index (κ3) is 3.38. The molecule has 1 N–H and O–H groups in total. The second kappa shape index (κ2) is 5.66. The van der Waals surface area contributed by atoms with Crippen molar-refractivity contribution in [2.45, 2.75) is 50.8 Å². The van der Waals surface area contributed by atoms with Crippen LogP contribution in [0.15, 0.2) is 18.2 Å². The topological polar surface area (TPSA) is 21.3 Å². The van der Waals surface area contributed by atoms with E-state index in [9.17, 15) is 0 Å². The number of benzene rings is 1. The third-order valence-electron chi connectivity index (χ3n) is 3.78. The molecule has 0 aromatic heterocycles. The first kappa shape index (κ1) is 14.6. The van der Waals surface area contributed by atoms with Crippen LogP contribution >= 0.6 is 11.8 Å². The van der Waals surface area contributed by atoms with Crippen LogP contribution in [0.3, 0.4) is 0 Å². The van der Waals surface area contributed by atoms with Crippen LogP contribution in [0.2, 0.25) is 0 Å². The van der Waals surface area contributed by atoms with Gasteiger partial charge in [0.15, 0.2) is 0 Å². The fraction of sp³-hybridized carbons (Fsp3) is 0.625. The van der Waals surface area contributed by atoms with E-state index >= 15 is 0 Å². The smallest absolute Gasteiger partial charge is 0.141 e. The number of hydrogen-bond acceptors (Lipinski definition) is 3. The van der Waals surface area contributed by atoms with Gasteiger partial charge >= 0.3 is 0 Å². The second-order valence-corrected chi connectivity index (χ2v) is 7.77. The lowest BCUT2D eigenvalue weighted by molar-refractivity contribution is 0.415. The fourth-order valence-electron chi connectivity index (χ4n) is 2.41. The highest BCUT2D eigenvalue weighted by Gasteiger charge is 2.25. The Labute approximate surface area is 121 Å². The van der Waals surface area contributed by atoms with Crippen LogP contribution in [0.1, 0.15) is 39.7 Å². The van der Waals surface area contributed by atoms with Gasteiger partial charge < -0.3 is 10.1 Å². The Morgan fingerprint density at radius 3 is 2.58 bits per heavy atom. The van der Waals surface area contributed by atoms with Crippen molar-refractivity contribution in [2.75, 3.05) is 18.2 Å². The average molecular weight is 279 g/mol. The lowest BCUT2D eigenvalue weighted by Gasteiger charge is -2.24. The van der Waals surface area contributed by atoms with E-state index in [1.807, 2.05) is 11.8 Å². The third-order valence-corrected chi connectivity index (χ3v) is 5.11. The van der Waals surface area contributed by atoms with Crippen molar-refractivity contribution in [3.63, 3.8) is 0 Å². The predicted octanol–water partition coefficient (Wildman–Crippen LogP) is 4.30. The quantitative estimate of drug-likeness (QED) is 0.891. The van der Waals surface area contributed by atoms with Gasteiger partial charge in [0.2, 0.25) is 0 Å². The highest BCUT2D eigenvalue weighted by Crippen LogP contribution is 2.35. The molecule has 1 aromatic carbocycles. The summed E-state index contributed by atoms with van der Waals surface area (Å²) in [4.78, 5) is 0. The molecule has 0 saturated carbocycles. The van der Waals surface area contributed by atoms with Crippen molar-refractivity contribution >= 4 is 17.4 Å². The van der Waals surface area contributed by atoms with Gasteiger partial charge in [-0.15, -0.1) is 0 Å². The van der Waals surface area contributed by atoms with Gasteiger partial charge in [0.1, 0.15) is 5.75 Å². The Bertz CT molecular complexity index is 439. The minimum Gasteiger partial charge on any atom is -0.495 e. The van der Waals surface area contributed by atoms with E-state index in [1.54, 1.807) is 7.11 Å². The van der Waals surface area contributed by atoms with E-state index in [2.05, 4.69) is 51.2 Å². The Balaban J connectivity index is 2.26. The number of thioether (sulfide) groups is 1. The fourth-order valence-corrected chi connectivity index (χ4v) is 3.61. The Kier molecular flexibility index (Phi) is 4.34. The van der Waals surface area contributed by atoms with Crippen LogP contribution in [0.4, 0.5) is 5.69 Å². The zero-order chi connectivity index (χ0) is 14.0. The molecule has 0 bridgehead atoms. The maximum atomic E-state index is 5.49. The molecule has 2 atom stereocenters. The number of ether oxygens (including phenoxy) is 1. The van der Waals surface area contributed by atoms with Crippen molar-refractivity contribution in [3.8, 4) is 5.75 Å². The lowest BCUT2D eigenvalue weighted by Crippen LogP contribution is -2.25. The number of anilines is 1. The largest absolute Gasteiger partial charge is 0.495 e. The highest BCUT2D eigenvalue weighted by atomic mass is 32.2. The molecule has 1 saturated heterocycles. The molecule has 0 amide bonds. The van der Waals surface area contributed by atoms with Crippen molar-refractivity contribution < 1.29 is 4.74 Å². The van der Waals surface area contributed by atoms with Crippen molar-refractivity contribution in [1.29, 1.82) is 0 Å². The van der Waals surface area contributed by atoms with Crippen molar-refractivity contribution in [1.82, 2.24) is 0 Å². The van der Waals surface area contributed by atoms with E-state index in [0.717, 1.165) is 11.4 Å². The normalized spacial score (nSPS) is 23.4. The van der Waals surface area contributed by atoms with Crippen LogP contribution in [0.25, 0.3) is 0 Å². The molecule has 1 aliphatic rings. The van der Waals surface area contributed by atoms with Crippen molar-refractivity contribution in [3.05, 3.63) is 23.8 Å². The summed E-state index contributed by atoms with van der Waals surface area (Å²) in [5.41, 5.74) is 2.64. The van der Waals surface area contributed by atoms with E-state index < -0.39 is 0 Å². The molecule has 0 spiro atoms. The molecule has 0 radical (unpaired) electrons. The van der Waals surface area contributed by atoms with Gasteiger partial charge in [0.05, 0.1) is 12.8 Å². The van der Waals surface area contributed by atoms with Gasteiger partial charge in [-0.05, 0) is 35.3 Å². The van der Waals surface area contributed by atoms with Gasteiger partial charge in [-0.3, -0.25) is 0 Å². The SMILES string of the molecule is COc1ccc(C(C)(C)C)cc1NC1CCSC1C. The minimum absolute atomic E-state index is 0.165. The molecule has 2 unspecified atom stereocenters. The average Bonchev–Trinajstić information content (AvgIpc) is 2.74. The molecule has 1 heterocycles. The van der Waals surface area contributed by atoms with E-state index in [0.29, 0.717) is 11.3 Å². The summed E-state index contributed by atoms with van der Waals surface area (Å²) in [7, 11) is 1.74.